The fourth-order valence-electron chi connectivity index (χ4n) is 1.65. The molecule has 0 spiro atoms. The standard InChI is InChI=1S/C14H20ClN3O3/c1-7(2)10(14(20)21-5)18-13(19)11-9(15)6-16-12(17-11)8(3)4/h6-8,10H,1-5H3,(H,18,19)/t10-/m0/s1. The lowest BCUT2D eigenvalue weighted by Crippen LogP contribution is -2.45. The fourth-order valence-corrected chi connectivity index (χ4v) is 1.83. The summed E-state index contributed by atoms with van der Waals surface area (Å²) >= 11 is 5.97. The van der Waals surface area contributed by atoms with Gasteiger partial charge in [0.25, 0.3) is 5.91 Å². The van der Waals surface area contributed by atoms with Crippen molar-refractivity contribution in [2.24, 2.45) is 5.92 Å². The van der Waals surface area contributed by atoms with E-state index in [1.807, 2.05) is 27.7 Å². The molecule has 21 heavy (non-hydrogen) atoms. The monoisotopic (exact) mass is 313 g/mol. The Bertz CT molecular complexity index is 532. The third-order valence-corrected chi connectivity index (χ3v) is 3.18. The van der Waals surface area contributed by atoms with E-state index in [9.17, 15) is 9.59 Å². The summed E-state index contributed by atoms with van der Waals surface area (Å²) in [6.07, 6.45) is 1.39. The second-order valence-electron chi connectivity index (χ2n) is 5.30. The Morgan fingerprint density at radius 3 is 2.38 bits per heavy atom. The van der Waals surface area contributed by atoms with Gasteiger partial charge in [-0.05, 0) is 5.92 Å². The summed E-state index contributed by atoms with van der Waals surface area (Å²) in [7, 11) is 1.28. The number of aromatic nitrogens is 2. The van der Waals surface area contributed by atoms with Crippen molar-refractivity contribution in [1.29, 1.82) is 0 Å². The Morgan fingerprint density at radius 1 is 1.29 bits per heavy atom. The van der Waals surface area contributed by atoms with E-state index in [2.05, 4.69) is 20.0 Å². The number of nitrogens with zero attached hydrogens (tertiary/aromatic N) is 2. The predicted octanol–water partition coefficient (Wildman–Crippen LogP) is 2.18. The number of halogens is 1. The van der Waals surface area contributed by atoms with Crippen molar-refractivity contribution in [2.45, 2.75) is 39.7 Å². The highest BCUT2D eigenvalue weighted by Crippen LogP contribution is 2.17. The lowest BCUT2D eigenvalue weighted by Gasteiger charge is -2.20. The molecule has 6 nitrogen and oxygen atoms in total. The minimum atomic E-state index is -0.754. The van der Waals surface area contributed by atoms with Crippen LogP contribution in [0.2, 0.25) is 5.02 Å². The molecule has 0 aliphatic carbocycles. The Balaban J connectivity index is 3.02. The summed E-state index contributed by atoms with van der Waals surface area (Å²) in [5.74, 6) is -0.563. The van der Waals surface area contributed by atoms with Crippen molar-refractivity contribution in [1.82, 2.24) is 15.3 Å². The first-order valence-electron chi connectivity index (χ1n) is 6.69. The molecule has 1 amide bonds. The molecule has 1 rings (SSSR count). The minimum absolute atomic E-state index is 0.0601. The van der Waals surface area contributed by atoms with Gasteiger partial charge in [-0.3, -0.25) is 4.79 Å². The summed E-state index contributed by atoms with van der Waals surface area (Å²) in [6, 6.07) is -0.754. The smallest absolute Gasteiger partial charge is 0.328 e. The number of nitrogens with one attached hydrogen (secondary N) is 1. The van der Waals surface area contributed by atoms with Crippen LogP contribution in [0.25, 0.3) is 0 Å². The zero-order valence-electron chi connectivity index (χ0n) is 12.8. The highest BCUT2D eigenvalue weighted by atomic mass is 35.5. The van der Waals surface area contributed by atoms with Gasteiger partial charge in [0.05, 0.1) is 18.3 Å². The van der Waals surface area contributed by atoms with Crippen LogP contribution in [0.1, 0.15) is 49.9 Å². The van der Waals surface area contributed by atoms with Crippen LogP contribution in [0.5, 0.6) is 0 Å². The number of esters is 1. The number of methoxy groups -OCH3 is 1. The minimum Gasteiger partial charge on any atom is -0.467 e. The van der Waals surface area contributed by atoms with E-state index < -0.39 is 17.9 Å². The van der Waals surface area contributed by atoms with E-state index in [0.717, 1.165) is 0 Å². The molecule has 1 N–H and O–H groups in total. The fraction of sp³-hybridized carbons (Fsp3) is 0.571. The number of carbonyl (C=O) groups is 2. The average Bonchev–Trinajstić information content (AvgIpc) is 2.43. The maximum atomic E-state index is 12.3. The predicted molar refractivity (Wildman–Crippen MR) is 79.2 cm³/mol. The van der Waals surface area contributed by atoms with Crippen LogP contribution < -0.4 is 5.32 Å². The largest absolute Gasteiger partial charge is 0.467 e. The quantitative estimate of drug-likeness (QED) is 0.843. The molecular formula is C14H20ClN3O3. The van der Waals surface area contributed by atoms with Gasteiger partial charge in [0.2, 0.25) is 0 Å². The maximum Gasteiger partial charge on any atom is 0.328 e. The summed E-state index contributed by atoms with van der Waals surface area (Å²) in [5.41, 5.74) is 0.0601. The second kappa shape index (κ2) is 7.36. The molecule has 0 bridgehead atoms. The van der Waals surface area contributed by atoms with Crippen LogP contribution >= 0.6 is 11.6 Å². The first-order valence-corrected chi connectivity index (χ1v) is 7.06. The maximum absolute atomic E-state index is 12.3. The van der Waals surface area contributed by atoms with Crippen molar-refractivity contribution in [2.75, 3.05) is 7.11 Å². The van der Waals surface area contributed by atoms with Gasteiger partial charge in [0.1, 0.15) is 17.6 Å². The van der Waals surface area contributed by atoms with Crippen LogP contribution in [-0.2, 0) is 9.53 Å². The molecule has 7 heteroatoms. The number of amides is 1. The molecule has 0 unspecified atom stereocenters. The molecule has 1 atom stereocenters. The molecular weight excluding hydrogens is 294 g/mol. The van der Waals surface area contributed by atoms with Gasteiger partial charge in [-0.15, -0.1) is 0 Å². The van der Waals surface area contributed by atoms with E-state index in [1.165, 1.54) is 13.3 Å². The molecule has 1 aromatic heterocycles. The first-order chi connectivity index (χ1) is 9.77. The molecule has 1 heterocycles. The number of hydrogen-bond donors (Lipinski definition) is 1. The van der Waals surface area contributed by atoms with Gasteiger partial charge >= 0.3 is 5.97 Å². The lowest BCUT2D eigenvalue weighted by molar-refractivity contribution is -0.144. The normalized spacial score (nSPS) is 12.4. The molecule has 0 fully saturated rings. The lowest BCUT2D eigenvalue weighted by atomic mass is 10.0. The summed E-state index contributed by atoms with van der Waals surface area (Å²) in [5, 5.41) is 2.75. The molecule has 0 saturated heterocycles. The van der Waals surface area contributed by atoms with Gasteiger partial charge in [0, 0.05) is 5.92 Å². The molecule has 0 saturated carbocycles. The molecule has 1 aromatic rings. The zero-order chi connectivity index (χ0) is 16.2. The Morgan fingerprint density at radius 2 is 1.90 bits per heavy atom. The molecule has 0 aliphatic heterocycles. The average molecular weight is 314 g/mol. The number of carbonyl (C=O) groups excluding carboxylic acids is 2. The third kappa shape index (κ3) is 4.39. The van der Waals surface area contributed by atoms with Crippen molar-refractivity contribution >= 4 is 23.5 Å². The van der Waals surface area contributed by atoms with E-state index in [4.69, 9.17) is 11.6 Å². The number of hydrogen-bond acceptors (Lipinski definition) is 5. The first kappa shape index (κ1) is 17.4. The van der Waals surface area contributed by atoms with Crippen LogP contribution in [0, 0.1) is 5.92 Å². The molecule has 0 aromatic carbocycles. The van der Waals surface area contributed by atoms with E-state index in [1.54, 1.807) is 0 Å². The van der Waals surface area contributed by atoms with Crippen LogP contribution in [0.15, 0.2) is 6.20 Å². The van der Waals surface area contributed by atoms with E-state index >= 15 is 0 Å². The molecule has 116 valence electrons. The van der Waals surface area contributed by atoms with Gasteiger partial charge in [-0.25, -0.2) is 14.8 Å². The van der Waals surface area contributed by atoms with Crippen molar-refractivity contribution in [3.8, 4) is 0 Å². The van der Waals surface area contributed by atoms with Gasteiger partial charge in [-0.2, -0.15) is 0 Å². The number of ether oxygens (including phenoxy) is 1. The van der Waals surface area contributed by atoms with Crippen molar-refractivity contribution in [3.63, 3.8) is 0 Å². The van der Waals surface area contributed by atoms with Crippen LogP contribution in [0.3, 0.4) is 0 Å². The van der Waals surface area contributed by atoms with E-state index in [0.29, 0.717) is 5.82 Å². The highest BCUT2D eigenvalue weighted by Gasteiger charge is 2.27. The van der Waals surface area contributed by atoms with Gasteiger partial charge in [0.15, 0.2) is 0 Å². The van der Waals surface area contributed by atoms with Crippen molar-refractivity contribution in [3.05, 3.63) is 22.7 Å². The topological polar surface area (TPSA) is 81.2 Å². The number of rotatable bonds is 5. The van der Waals surface area contributed by atoms with E-state index in [-0.39, 0.29) is 22.6 Å². The van der Waals surface area contributed by atoms with Crippen LogP contribution in [0.4, 0.5) is 0 Å². The zero-order valence-corrected chi connectivity index (χ0v) is 13.6. The van der Waals surface area contributed by atoms with Crippen LogP contribution in [-0.4, -0.2) is 35.0 Å². The Kier molecular flexibility index (Phi) is 6.08. The van der Waals surface area contributed by atoms with Crippen molar-refractivity contribution < 1.29 is 14.3 Å². The highest BCUT2D eigenvalue weighted by molar-refractivity contribution is 6.33. The molecule has 0 aliphatic rings. The second-order valence-corrected chi connectivity index (χ2v) is 5.70. The van der Waals surface area contributed by atoms with Gasteiger partial charge in [-0.1, -0.05) is 39.3 Å². The Labute approximate surface area is 129 Å². The SMILES string of the molecule is COC(=O)[C@@H](NC(=O)c1nc(C(C)C)ncc1Cl)C(C)C. The van der Waals surface area contributed by atoms with Gasteiger partial charge < -0.3 is 10.1 Å². The summed E-state index contributed by atoms with van der Waals surface area (Å²) < 4.78 is 4.68. The third-order valence-electron chi connectivity index (χ3n) is 2.90. The molecule has 0 radical (unpaired) electrons. The summed E-state index contributed by atoms with van der Waals surface area (Å²) in [4.78, 5) is 32.2. The summed E-state index contributed by atoms with van der Waals surface area (Å²) in [6.45, 7) is 7.44. The Hall–Kier alpha value is -1.69.